The van der Waals surface area contributed by atoms with Crippen LogP contribution in [0.2, 0.25) is 0 Å². The minimum absolute atomic E-state index is 0.126. The molecule has 196 valence electrons. The summed E-state index contributed by atoms with van der Waals surface area (Å²) in [5, 5.41) is 22.1. The van der Waals surface area contributed by atoms with Crippen LogP contribution in [0.15, 0.2) is 54.7 Å². The number of ether oxygens (including phenoxy) is 2. The van der Waals surface area contributed by atoms with Gasteiger partial charge in [0.1, 0.15) is 17.9 Å². The van der Waals surface area contributed by atoms with Crippen molar-refractivity contribution < 1.29 is 19.4 Å². The number of hydrogen-bond acceptors (Lipinski definition) is 8. The first-order valence-corrected chi connectivity index (χ1v) is 12.8. The number of carbonyl (C=O) groups is 1. The molecule has 0 aliphatic carbocycles. The fraction of sp³-hybridized carbons (Fsp3) is 0.357. The van der Waals surface area contributed by atoms with Gasteiger partial charge in [0.15, 0.2) is 0 Å². The van der Waals surface area contributed by atoms with E-state index in [1.807, 2.05) is 18.2 Å². The monoisotopic (exact) mass is 514 g/mol. The highest BCUT2D eigenvalue weighted by Crippen LogP contribution is 2.28. The molecule has 10 nitrogen and oxygen atoms in total. The molecule has 2 aromatic carbocycles. The smallest absolute Gasteiger partial charge is 0.407 e. The van der Waals surface area contributed by atoms with Gasteiger partial charge in [-0.25, -0.2) is 14.8 Å². The lowest BCUT2D eigenvalue weighted by atomic mass is 10.1. The predicted molar refractivity (Wildman–Crippen MR) is 141 cm³/mol. The summed E-state index contributed by atoms with van der Waals surface area (Å²) in [7, 11) is 0. The van der Waals surface area contributed by atoms with E-state index in [-0.39, 0.29) is 6.10 Å². The van der Waals surface area contributed by atoms with Crippen LogP contribution in [0.4, 0.5) is 16.4 Å². The van der Waals surface area contributed by atoms with E-state index in [9.17, 15) is 10.1 Å². The van der Waals surface area contributed by atoms with Gasteiger partial charge in [0.05, 0.1) is 24.5 Å². The number of likely N-dealkylation sites (tertiary alicyclic amines) is 1. The summed E-state index contributed by atoms with van der Waals surface area (Å²) in [6, 6.07) is 17.7. The molecule has 3 heterocycles. The Balaban J connectivity index is 1.23. The van der Waals surface area contributed by atoms with Crippen molar-refractivity contribution in [3.63, 3.8) is 0 Å². The third-order valence-electron chi connectivity index (χ3n) is 6.78. The average Bonchev–Trinajstić information content (AvgIpc) is 2.95. The van der Waals surface area contributed by atoms with E-state index in [1.54, 1.807) is 24.4 Å². The van der Waals surface area contributed by atoms with Crippen LogP contribution in [-0.2, 0) is 11.3 Å². The van der Waals surface area contributed by atoms with Crippen molar-refractivity contribution in [2.45, 2.75) is 25.5 Å². The lowest BCUT2D eigenvalue weighted by Crippen LogP contribution is -2.41. The summed E-state index contributed by atoms with van der Waals surface area (Å²) in [4.78, 5) is 23.9. The first-order valence-electron chi connectivity index (χ1n) is 12.8. The maximum absolute atomic E-state index is 11.1. The lowest BCUT2D eigenvalue weighted by molar-refractivity contribution is 0.0342. The molecule has 0 atom stereocenters. The van der Waals surface area contributed by atoms with Crippen LogP contribution in [0.5, 0.6) is 5.75 Å². The van der Waals surface area contributed by atoms with Crippen molar-refractivity contribution in [3.8, 4) is 23.1 Å². The minimum Gasteiger partial charge on any atom is -0.489 e. The highest BCUT2D eigenvalue weighted by molar-refractivity contribution is 5.66. The van der Waals surface area contributed by atoms with Gasteiger partial charge in [0.2, 0.25) is 5.95 Å². The lowest BCUT2D eigenvalue weighted by Gasteiger charge is -2.30. The number of rotatable bonds is 7. The Morgan fingerprint density at radius 2 is 1.87 bits per heavy atom. The minimum atomic E-state index is -0.912. The van der Waals surface area contributed by atoms with Crippen molar-refractivity contribution in [1.29, 1.82) is 5.26 Å². The summed E-state index contributed by atoms with van der Waals surface area (Å²) in [5.74, 6) is 0.960. The van der Waals surface area contributed by atoms with Gasteiger partial charge in [-0.15, -0.1) is 0 Å². The molecule has 0 radical (unpaired) electrons. The second kappa shape index (κ2) is 11.9. The van der Waals surface area contributed by atoms with E-state index in [0.29, 0.717) is 48.9 Å². The van der Waals surface area contributed by atoms with Gasteiger partial charge >= 0.3 is 6.09 Å². The molecular formula is C28H30N6O4. The Bertz CT molecular complexity index is 1300. The number of carboxylic acid groups (broad SMARTS) is 1. The quantitative estimate of drug-likeness (QED) is 0.479. The number of anilines is 2. The zero-order chi connectivity index (χ0) is 26.3. The van der Waals surface area contributed by atoms with Crippen molar-refractivity contribution in [2.24, 2.45) is 0 Å². The van der Waals surface area contributed by atoms with Crippen molar-refractivity contribution >= 4 is 17.7 Å². The molecule has 2 fully saturated rings. The fourth-order valence-electron chi connectivity index (χ4n) is 4.64. The number of nitrogens with one attached hydrogen (secondary N) is 1. The van der Waals surface area contributed by atoms with E-state index in [1.165, 1.54) is 10.5 Å². The number of piperidine rings is 1. The van der Waals surface area contributed by atoms with Gasteiger partial charge in [-0.05, 0) is 42.0 Å². The molecule has 1 aromatic heterocycles. The van der Waals surface area contributed by atoms with Gasteiger partial charge in [-0.2, -0.15) is 5.26 Å². The molecular weight excluding hydrogens is 484 g/mol. The highest BCUT2D eigenvalue weighted by atomic mass is 16.5. The number of benzene rings is 2. The molecule has 10 heteroatoms. The van der Waals surface area contributed by atoms with Gasteiger partial charge in [0, 0.05) is 63.0 Å². The van der Waals surface area contributed by atoms with E-state index >= 15 is 0 Å². The summed E-state index contributed by atoms with van der Waals surface area (Å²) in [5.41, 5.74) is 4.01. The van der Waals surface area contributed by atoms with Gasteiger partial charge < -0.3 is 24.8 Å². The molecule has 0 unspecified atom stereocenters. The maximum Gasteiger partial charge on any atom is 0.407 e. The number of nitriles is 1. The zero-order valence-electron chi connectivity index (χ0n) is 21.0. The number of hydrogen-bond donors (Lipinski definition) is 2. The van der Waals surface area contributed by atoms with Crippen LogP contribution < -0.4 is 10.1 Å². The normalized spacial score (nSPS) is 16.6. The van der Waals surface area contributed by atoms with Crippen LogP contribution in [0.1, 0.15) is 24.0 Å². The Morgan fingerprint density at radius 1 is 1.11 bits per heavy atom. The zero-order valence-corrected chi connectivity index (χ0v) is 21.0. The SMILES string of the molecule is N#Cc1cc(-c2ccnc(Nc3ccc(CN4CCOCC4)cc3)n2)ccc1OC1CCN(C(=O)O)CC1. The summed E-state index contributed by atoms with van der Waals surface area (Å²) < 4.78 is 11.5. The molecule has 1 amide bonds. The third kappa shape index (κ3) is 6.37. The Morgan fingerprint density at radius 3 is 2.58 bits per heavy atom. The van der Waals surface area contributed by atoms with Crippen LogP contribution in [0.3, 0.4) is 0 Å². The van der Waals surface area contributed by atoms with E-state index < -0.39 is 6.09 Å². The standard InChI is InChI=1S/C28H30N6O4/c29-18-22-17-21(3-6-26(22)38-24-8-11-34(12-9-24)28(35)36)25-7-10-30-27(32-25)31-23-4-1-20(2-5-23)19-33-13-15-37-16-14-33/h1-7,10,17,24H,8-9,11-16,19H2,(H,35,36)(H,30,31,32). The fourth-order valence-corrected chi connectivity index (χ4v) is 4.64. The Labute approximate surface area is 221 Å². The van der Waals surface area contributed by atoms with Crippen LogP contribution in [-0.4, -0.2) is 76.5 Å². The van der Waals surface area contributed by atoms with Gasteiger partial charge in [0.25, 0.3) is 0 Å². The largest absolute Gasteiger partial charge is 0.489 e. The number of aromatic nitrogens is 2. The highest BCUT2D eigenvalue weighted by Gasteiger charge is 2.24. The first kappa shape index (κ1) is 25.4. The van der Waals surface area contributed by atoms with Crippen LogP contribution in [0, 0.1) is 11.3 Å². The van der Waals surface area contributed by atoms with Crippen LogP contribution >= 0.6 is 0 Å². The molecule has 0 spiro atoms. The molecule has 2 aliphatic rings. The van der Waals surface area contributed by atoms with Gasteiger partial charge in [-0.3, -0.25) is 4.90 Å². The molecule has 0 saturated carbocycles. The number of amides is 1. The Kier molecular flexibility index (Phi) is 7.97. The maximum atomic E-state index is 11.1. The number of morpholine rings is 1. The van der Waals surface area contributed by atoms with Crippen molar-refractivity contribution in [3.05, 3.63) is 65.9 Å². The average molecular weight is 515 g/mol. The second-order valence-electron chi connectivity index (χ2n) is 9.39. The first-order chi connectivity index (χ1) is 18.6. The number of nitrogens with zero attached hydrogens (tertiary/aromatic N) is 5. The predicted octanol–water partition coefficient (Wildman–Crippen LogP) is 4.11. The second-order valence-corrected chi connectivity index (χ2v) is 9.39. The Hall–Kier alpha value is -4.20. The topological polar surface area (TPSA) is 124 Å². The van der Waals surface area contributed by atoms with Crippen molar-refractivity contribution in [1.82, 2.24) is 19.8 Å². The third-order valence-corrected chi connectivity index (χ3v) is 6.78. The van der Waals surface area contributed by atoms with Crippen molar-refractivity contribution in [2.75, 3.05) is 44.7 Å². The van der Waals surface area contributed by atoms with E-state index in [4.69, 9.17) is 14.6 Å². The van der Waals surface area contributed by atoms with E-state index in [0.717, 1.165) is 44.1 Å². The summed E-state index contributed by atoms with van der Waals surface area (Å²) >= 11 is 0. The molecule has 2 aliphatic heterocycles. The summed E-state index contributed by atoms with van der Waals surface area (Å²) in [6.07, 6.45) is 1.83. The van der Waals surface area contributed by atoms with Gasteiger partial charge in [-0.1, -0.05) is 12.1 Å². The molecule has 0 bridgehead atoms. The molecule has 2 N–H and O–H groups in total. The molecule has 5 rings (SSSR count). The molecule has 3 aromatic rings. The summed E-state index contributed by atoms with van der Waals surface area (Å²) in [6.45, 7) is 5.22. The van der Waals surface area contributed by atoms with Crippen LogP contribution in [0.25, 0.3) is 11.3 Å². The molecule has 2 saturated heterocycles. The molecule has 38 heavy (non-hydrogen) atoms. The van der Waals surface area contributed by atoms with E-state index in [2.05, 4.69) is 38.4 Å².